The predicted octanol–water partition coefficient (Wildman–Crippen LogP) is 2.16. The topological polar surface area (TPSA) is 75.7 Å². The molecule has 2 aromatic rings. The van der Waals surface area contributed by atoms with Crippen LogP contribution in [0.15, 0.2) is 54.6 Å². The van der Waals surface area contributed by atoms with Gasteiger partial charge in [-0.05, 0) is 18.1 Å². The van der Waals surface area contributed by atoms with Gasteiger partial charge in [0.1, 0.15) is 6.04 Å². The van der Waals surface area contributed by atoms with E-state index < -0.39 is 18.2 Å². The number of amides is 2. The maximum Gasteiger partial charge on any atom is 0.340 e. The van der Waals surface area contributed by atoms with E-state index in [-0.39, 0.29) is 18.2 Å². The number of nitrogens with zero attached hydrogens (tertiary/aromatic N) is 1. The molecule has 6 nitrogen and oxygen atoms in total. The van der Waals surface area contributed by atoms with Crippen LogP contribution in [0, 0.1) is 0 Å². The number of fused-ring (bicyclic) bond motifs is 1. The van der Waals surface area contributed by atoms with Crippen molar-refractivity contribution in [1.29, 1.82) is 0 Å². The summed E-state index contributed by atoms with van der Waals surface area (Å²) in [6.45, 7) is 0.388. The number of hydrogen-bond acceptors (Lipinski definition) is 4. The van der Waals surface area contributed by atoms with Crippen LogP contribution in [-0.2, 0) is 20.9 Å². The highest BCUT2D eigenvalue weighted by atomic mass is 16.6. The monoisotopic (exact) mass is 350 g/mol. The van der Waals surface area contributed by atoms with Crippen LogP contribution < -0.4 is 5.32 Å². The molecule has 2 amide bonds. The average molecular weight is 350 g/mol. The quantitative estimate of drug-likeness (QED) is 0.858. The molecule has 4 rings (SSSR count). The Kier molecular flexibility index (Phi) is 4.16. The third kappa shape index (κ3) is 2.83. The number of carbonyl (C=O) groups is 3. The van der Waals surface area contributed by atoms with Crippen molar-refractivity contribution in [3.05, 3.63) is 71.3 Å². The lowest BCUT2D eigenvalue weighted by molar-refractivity contribution is -0.145. The summed E-state index contributed by atoms with van der Waals surface area (Å²) in [5, 5.41) is 2.88. The van der Waals surface area contributed by atoms with Gasteiger partial charge in [0, 0.05) is 18.5 Å². The molecular formula is C20H18N2O4. The first-order chi connectivity index (χ1) is 12.6. The number of carbonyl (C=O) groups excluding carboxylic acids is 3. The first-order valence-corrected chi connectivity index (χ1v) is 8.58. The van der Waals surface area contributed by atoms with Gasteiger partial charge in [-0.25, -0.2) is 4.79 Å². The van der Waals surface area contributed by atoms with Gasteiger partial charge < -0.3 is 10.1 Å². The van der Waals surface area contributed by atoms with E-state index in [0.717, 1.165) is 5.56 Å². The molecule has 0 aliphatic carbocycles. The van der Waals surface area contributed by atoms with E-state index in [0.29, 0.717) is 24.1 Å². The summed E-state index contributed by atoms with van der Waals surface area (Å²) in [5.41, 5.74) is 2.06. The third-order valence-electron chi connectivity index (χ3n) is 4.79. The van der Waals surface area contributed by atoms with Crippen molar-refractivity contribution in [2.45, 2.75) is 31.7 Å². The average Bonchev–Trinajstić information content (AvgIpc) is 3.21. The second-order valence-corrected chi connectivity index (χ2v) is 6.40. The summed E-state index contributed by atoms with van der Waals surface area (Å²) in [7, 11) is 0. The Morgan fingerprint density at radius 3 is 2.62 bits per heavy atom. The second-order valence-electron chi connectivity index (χ2n) is 6.40. The molecule has 0 unspecified atom stereocenters. The second kappa shape index (κ2) is 6.63. The van der Waals surface area contributed by atoms with Crippen LogP contribution in [-0.4, -0.2) is 28.7 Å². The Labute approximate surface area is 150 Å². The van der Waals surface area contributed by atoms with Gasteiger partial charge in [0.2, 0.25) is 18.0 Å². The minimum absolute atomic E-state index is 0.181. The highest BCUT2D eigenvalue weighted by Crippen LogP contribution is 2.38. The van der Waals surface area contributed by atoms with Crippen LogP contribution in [0.2, 0.25) is 0 Å². The zero-order chi connectivity index (χ0) is 18.1. The molecule has 0 spiro atoms. The Balaban J connectivity index is 1.53. The fourth-order valence-corrected chi connectivity index (χ4v) is 3.49. The molecule has 26 heavy (non-hydrogen) atoms. The molecule has 2 aliphatic heterocycles. The predicted molar refractivity (Wildman–Crippen MR) is 92.8 cm³/mol. The molecule has 132 valence electrons. The minimum Gasteiger partial charge on any atom is -0.433 e. The molecule has 1 N–H and O–H groups in total. The summed E-state index contributed by atoms with van der Waals surface area (Å²) in [6, 6.07) is 15.9. The molecule has 0 aromatic heterocycles. The minimum atomic E-state index is -0.832. The number of esters is 1. The summed E-state index contributed by atoms with van der Waals surface area (Å²) in [5.74, 6) is -0.881. The number of likely N-dealkylation sites (tertiary alicyclic amines) is 1. The van der Waals surface area contributed by atoms with Crippen molar-refractivity contribution in [2.75, 3.05) is 0 Å². The first kappa shape index (κ1) is 16.3. The van der Waals surface area contributed by atoms with Gasteiger partial charge in [-0.15, -0.1) is 0 Å². The van der Waals surface area contributed by atoms with Crippen molar-refractivity contribution in [3.8, 4) is 0 Å². The van der Waals surface area contributed by atoms with E-state index in [1.165, 1.54) is 4.90 Å². The molecule has 0 saturated carbocycles. The van der Waals surface area contributed by atoms with E-state index in [4.69, 9.17) is 4.74 Å². The Morgan fingerprint density at radius 1 is 1.08 bits per heavy atom. The fourth-order valence-electron chi connectivity index (χ4n) is 3.49. The SMILES string of the molecule is O=C1O[C@@H](N2C(=O)CC[C@H]2C(=O)NCc2ccccc2)c2ccccc21. The van der Waals surface area contributed by atoms with Crippen LogP contribution in [0.25, 0.3) is 0 Å². The van der Waals surface area contributed by atoms with Crippen molar-refractivity contribution < 1.29 is 19.1 Å². The standard InChI is InChI=1S/C20H18N2O4/c23-17-11-10-16(18(24)21-12-13-6-2-1-3-7-13)22(17)19-14-8-4-5-9-15(14)20(25)26-19/h1-9,16,19H,10-12H2,(H,21,24)/t16-,19+/m0/s1. The number of nitrogens with one attached hydrogen (secondary N) is 1. The molecule has 2 aliphatic rings. The van der Waals surface area contributed by atoms with Gasteiger partial charge in [-0.1, -0.05) is 48.5 Å². The molecule has 0 bridgehead atoms. The highest BCUT2D eigenvalue weighted by molar-refractivity contribution is 5.96. The normalized spacial score (nSPS) is 21.5. The smallest absolute Gasteiger partial charge is 0.340 e. The van der Waals surface area contributed by atoms with Gasteiger partial charge in [-0.3, -0.25) is 14.5 Å². The Bertz CT molecular complexity index is 865. The molecule has 2 atom stereocenters. The molecule has 2 heterocycles. The molecule has 2 aromatic carbocycles. The lowest BCUT2D eigenvalue weighted by atomic mass is 10.1. The van der Waals surface area contributed by atoms with Crippen LogP contribution in [0.5, 0.6) is 0 Å². The van der Waals surface area contributed by atoms with Gasteiger partial charge in [-0.2, -0.15) is 0 Å². The zero-order valence-corrected chi connectivity index (χ0v) is 14.1. The zero-order valence-electron chi connectivity index (χ0n) is 14.1. The van der Waals surface area contributed by atoms with Gasteiger partial charge in [0.15, 0.2) is 0 Å². The number of benzene rings is 2. The van der Waals surface area contributed by atoms with E-state index >= 15 is 0 Å². The molecule has 1 saturated heterocycles. The summed E-state index contributed by atoms with van der Waals surface area (Å²) in [6.07, 6.45) is -0.156. The maximum absolute atomic E-state index is 12.7. The van der Waals surface area contributed by atoms with E-state index in [9.17, 15) is 14.4 Å². The summed E-state index contributed by atoms with van der Waals surface area (Å²) in [4.78, 5) is 38.6. The Hall–Kier alpha value is -3.15. The number of rotatable bonds is 4. The fraction of sp³-hybridized carbons (Fsp3) is 0.250. The Morgan fingerprint density at radius 2 is 1.81 bits per heavy atom. The van der Waals surface area contributed by atoms with Crippen LogP contribution >= 0.6 is 0 Å². The van der Waals surface area contributed by atoms with E-state index in [1.807, 2.05) is 30.3 Å². The van der Waals surface area contributed by atoms with Crippen molar-refractivity contribution in [2.24, 2.45) is 0 Å². The lowest BCUT2D eigenvalue weighted by Gasteiger charge is -2.29. The van der Waals surface area contributed by atoms with Crippen molar-refractivity contribution >= 4 is 17.8 Å². The van der Waals surface area contributed by atoms with Crippen LogP contribution in [0.1, 0.15) is 40.6 Å². The summed E-state index contributed by atoms with van der Waals surface area (Å²) >= 11 is 0. The van der Waals surface area contributed by atoms with Crippen LogP contribution in [0.4, 0.5) is 0 Å². The summed E-state index contributed by atoms with van der Waals surface area (Å²) < 4.78 is 5.42. The first-order valence-electron chi connectivity index (χ1n) is 8.58. The molecular weight excluding hydrogens is 332 g/mol. The van der Waals surface area contributed by atoms with E-state index in [2.05, 4.69) is 5.32 Å². The number of hydrogen-bond donors (Lipinski definition) is 1. The van der Waals surface area contributed by atoms with E-state index in [1.54, 1.807) is 24.3 Å². The highest BCUT2D eigenvalue weighted by Gasteiger charge is 2.46. The number of cyclic esters (lactones) is 1. The van der Waals surface area contributed by atoms with Gasteiger partial charge in [0.25, 0.3) is 0 Å². The van der Waals surface area contributed by atoms with Gasteiger partial charge >= 0.3 is 5.97 Å². The van der Waals surface area contributed by atoms with Crippen LogP contribution in [0.3, 0.4) is 0 Å². The molecule has 1 fully saturated rings. The molecule has 6 heteroatoms. The van der Waals surface area contributed by atoms with Crippen molar-refractivity contribution in [3.63, 3.8) is 0 Å². The third-order valence-corrected chi connectivity index (χ3v) is 4.79. The van der Waals surface area contributed by atoms with Gasteiger partial charge in [0.05, 0.1) is 5.56 Å². The van der Waals surface area contributed by atoms with Crippen molar-refractivity contribution in [1.82, 2.24) is 10.2 Å². The number of ether oxygens (including phenoxy) is 1. The lowest BCUT2D eigenvalue weighted by Crippen LogP contribution is -2.46. The largest absolute Gasteiger partial charge is 0.433 e. The maximum atomic E-state index is 12.7. The molecule has 0 radical (unpaired) electrons.